The van der Waals surface area contributed by atoms with Crippen molar-refractivity contribution in [3.05, 3.63) is 0 Å². The van der Waals surface area contributed by atoms with Crippen LogP contribution in [0.3, 0.4) is 0 Å². The molecule has 0 spiro atoms. The number of piperidine rings is 3. The van der Waals surface area contributed by atoms with Crippen LogP contribution in [0.25, 0.3) is 0 Å². The first-order valence-electron chi connectivity index (χ1n) is 5.19. The maximum absolute atomic E-state index is 11.4. The van der Waals surface area contributed by atoms with Crippen molar-refractivity contribution >= 4 is 5.78 Å². The van der Waals surface area contributed by atoms with Crippen molar-refractivity contribution in [3.8, 4) is 0 Å². The van der Waals surface area contributed by atoms with Crippen LogP contribution in [0, 0.1) is 15.7 Å². The summed E-state index contributed by atoms with van der Waals surface area (Å²) in [6.45, 7) is 5.48. The number of carbonyl (C=O) groups is 1. The highest BCUT2D eigenvalue weighted by atomic mass is 35.7. The fourth-order valence-corrected chi connectivity index (χ4v) is 2.53. The standard InChI is InChI=1S/C9H15NO.ClHO4/c1-8(11)9-2-5-10(6-3-9)7-4-9;2-1(3,4)5/h2-7H2,1H3;(H,2,3,4,5). The van der Waals surface area contributed by atoms with E-state index in [0.29, 0.717) is 5.78 Å². The minimum Gasteiger partial charge on any atom is -0.335 e. The Morgan fingerprint density at radius 1 is 1.06 bits per heavy atom. The lowest BCUT2D eigenvalue weighted by Crippen LogP contribution is -3.15. The number of halogens is 1. The van der Waals surface area contributed by atoms with E-state index in [0.717, 1.165) is 19.3 Å². The van der Waals surface area contributed by atoms with Crippen molar-refractivity contribution in [2.75, 3.05) is 19.6 Å². The average molecular weight is 254 g/mol. The van der Waals surface area contributed by atoms with Gasteiger partial charge in [0.2, 0.25) is 0 Å². The van der Waals surface area contributed by atoms with Gasteiger partial charge in [-0.3, -0.25) is 4.79 Å². The van der Waals surface area contributed by atoms with Crippen LogP contribution >= 0.6 is 0 Å². The number of hydrogen-bond acceptors (Lipinski definition) is 5. The summed E-state index contributed by atoms with van der Waals surface area (Å²) in [5.74, 6) is 0.441. The summed E-state index contributed by atoms with van der Waals surface area (Å²) in [4.78, 5) is 13.1. The highest BCUT2D eigenvalue weighted by Crippen LogP contribution is 2.34. The van der Waals surface area contributed by atoms with Gasteiger partial charge in [-0.05, 0) is 6.92 Å². The molecular formula is C9H16ClNO5. The van der Waals surface area contributed by atoms with Crippen LogP contribution in [0.1, 0.15) is 26.2 Å². The molecule has 0 radical (unpaired) electrons. The predicted octanol–water partition coefficient (Wildman–Crippen LogP) is -5.11. The van der Waals surface area contributed by atoms with Gasteiger partial charge in [0.05, 0.1) is 19.6 Å². The zero-order valence-corrected chi connectivity index (χ0v) is 9.92. The van der Waals surface area contributed by atoms with Gasteiger partial charge in [0, 0.05) is 24.7 Å². The van der Waals surface area contributed by atoms with E-state index in [1.165, 1.54) is 19.6 Å². The van der Waals surface area contributed by atoms with Gasteiger partial charge in [-0.1, -0.05) is 0 Å². The largest absolute Gasteiger partial charge is 0.335 e. The summed E-state index contributed by atoms with van der Waals surface area (Å²) in [7, 11) is -4.94. The van der Waals surface area contributed by atoms with Crippen molar-refractivity contribution in [3.63, 3.8) is 0 Å². The number of ketones is 1. The quantitative estimate of drug-likeness (QED) is 0.502. The molecule has 3 heterocycles. The summed E-state index contributed by atoms with van der Waals surface area (Å²) in [5, 5.41) is 0. The van der Waals surface area contributed by atoms with E-state index in [-0.39, 0.29) is 5.41 Å². The monoisotopic (exact) mass is 253 g/mol. The number of quaternary nitrogens is 1. The van der Waals surface area contributed by atoms with E-state index in [2.05, 4.69) is 0 Å². The Morgan fingerprint density at radius 2 is 1.38 bits per heavy atom. The van der Waals surface area contributed by atoms with Crippen LogP contribution in [-0.2, 0) is 4.79 Å². The third kappa shape index (κ3) is 3.97. The number of Topliss-reactive ketones (excluding diaryl/α,β-unsaturated/α-hetero) is 1. The Hall–Kier alpha value is -0.240. The lowest BCUT2D eigenvalue weighted by Gasteiger charge is -2.44. The second kappa shape index (κ2) is 4.95. The Labute approximate surface area is 96.2 Å². The molecule has 3 rings (SSSR count). The molecule has 0 aliphatic carbocycles. The third-order valence-electron chi connectivity index (χ3n) is 3.62. The molecular weight excluding hydrogens is 238 g/mol. The smallest absolute Gasteiger partial charge is 0.136 e. The summed E-state index contributed by atoms with van der Waals surface area (Å²) >= 11 is 0. The lowest BCUT2D eigenvalue weighted by atomic mass is 9.69. The Morgan fingerprint density at radius 3 is 1.56 bits per heavy atom. The number of carbonyl (C=O) groups excluding carboxylic acids is 1. The first kappa shape index (κ1) is 13.8. The van der Waals surface area contributed by atoms with E-state index in [4.69, 9.17) is 18.6 Å². The molecule has 0 aromatic carbocycles. The van der Waals surface area contributed by atoms with Crippen molar-refractivity contribution in [1.82, 2.24) is 0 Å². The average Bonchev–Trinajstić information content (AvgIpc) is 2.18. The molecule has 16 heavy (non-hydrogen) atoms. The van der Waals surface area contributed by atoms with Crippen molar-refractivity contribution in [1.29, 1.82) is 0 Å². The zero-order chi connectivity index (χ0) is 12.4. The van der Waals surface area contributed by atoms with Crippen LogP contribution in [0.2, 0.25) is 0 Å². The topological polar surface area (TPSA) is 114 Å². The summed E-state index contributed by atoms with van der Waals surface area (Å²) in [5.41, 5.74) is 0.127. The molecule has 0 aromatic heterocycles. The van der Waals surface area contributed by atoms with Gasteiger partial charge in [-0.25, -0.2) is 18.6 Å². The normalized spacial score (nSPS) is 32.9. The Bertz CT molecular complexity index is 237. The van der Waals surface area contributed by atoms with Gasteiger partial charge in [0.1, 0.15) is 5.78 Å². The molecule has 0 amide bonds. The fourth-order valence-electron chi connectivity index (χ4n) is 2.53. The second-order valence-electron chi connectivity index (χ2n) is 4.46. The fraction of sp³-hybridized carbons (Fsp3) is 0.889. The number of rotatable bonds is 1. The van der Waals surface area contributed by atoms with Crippen molar-refractivity contribution < 1.29 is 38.6 Å². The van der Waals surface area contributed by atoms with Gasteiger partial charge in [0.25, 0.3) is 0 Å². The molecule has 2 bridgehead atoms. The van der Waals surface area contributed by atoms with E-state index < -0.39 is 10.2 Å². The first-order chi connectivity index (χ1) is 7.23. The lowest BCUT2D eigenvalue weighted by molar-refractivity contribution is -2.00. The molecule has 3 fully saturated rings. The van der Waals surface area contributed by atoms with Crippen LogP contribution in [0.5, 0.6) is 0 Å². The minimum absolute atomic E-state index is 0.127. The first-order valence-corrected chi connectivity index (χ1v) is 6.43. The van der Waals surface area contributed by atoms with Crippen molar-refractivity contribution in [2.45, 2.75) is 26.2 Å². The molecule has 0 aromatic rings. The number of fused-ring (bicyclic) bond motifs is 3. The maximum Gasteiger partial charge on any atom is 0.136 e. The summed E-state index contributed by atoms with van der Waals surface area (Å²) in [6.07, 6.45) is 3.45. The van der Waals surface area contributed by atoms with Gasteiger partial charge in [-0.2, -0.15) is 0 Å². The van der Waals surface area contributed by atoms with Gasteiger partial charge >= 0.3 is 0 Å². The summed E-state index contributed by atoms with van der Waals surface area (Å²) < 4.78 is 34.0. The minimum atomic E-state index is -4.94. The molecule has 3 aliphatic heterocycles. The molecule has 3 saturated heterocycles. The zero-order valence-electron chi connectivity index (χ0n) is 9.16. The van der Waals surface area contributed by atoms with Crippen LogP contribution in [0.15, 0.2) is 0 Å². The van der Waals surface area contributed by atoms with Gasteiger partial charge < -0.3 is 4.90 Å². The van der Waals surface area contributed by atoms with Crippen LogP contribution in [-0.4, -0.2) is 25.4 Å². The van der Waals surface area contributed by atoms with E-state index >= 15 is 0 Å². The molecule has 7 heteroatoms. The van der Waals surface area contributed by atoms with E-state index in [1.807, 2.05) is 0 Å². The van der Waals surface area contributed by atoms with Crippen LogP contribution < -0.4 is 23.5 Å². The second-order valence-corrected chi connectivity index (χ2v) is 5.22. The Balaban J connectivity index is 0.000000221. The maximum atomic E-state index is 11.4. The summed E-state index contributed by atoms with van der Waals surface area (Å²) in [6, 6.07) is 0. The highest BCUT2D eigenvalue weighted by Gasteiger charge is 2.45. The van der Waals surface area contributed by atoms with Gasteiger partial charge in [-0.15, -0.1) is 10.2 Å². The molecule has 6 nitrogen and oxygen atoms in total. The van der Waals surface area contributed by atoms with E-state index in [9.17, 15) is 4.79 Å². The van der Waals surface area contributed by atoms with Crippen LogP contribution in [0.4, 0.5) is 0 Å². The molecule has 0 saturated carbocycles. The molecule has 1 N–H and O–H groups in total. The Kier molecular flexibility index (Phi) is 4.28. The van der Waals surface area contributed by atoms with Crippen molar-refractivity contribution in [2.24, 2.45) is 5.41 Å². The van der Waals surface area contributed by atoms with Gasteiger partial charge in [0.15, 0.2) is 0 Å². The number of nitrogens with one attached hydrogen (secondary N) is 1. The molecule has 3 aliphatic rings. The third-order valence-corrected chi connectivity index (χ3v) is 3.62. The molecule has 0 unspecified atom stereocenters. The highest BCUT2D eigenvalue weighted by molar-refractivity contribution is 5.82. The van der Waals surface area contributed by atoms with E-state index in [1.54, 1.807) is 11.8 Å². The SMILES string of the molecule is CC(=O)C12CC[NH+](CC1)CC2.[O-][Cl+3]([O-])([O-])[O-]. The number of hydrogen-bond donors (Lipinski definition) is 1. The predicted molar refractivity (Wildman–Crippen MR) is 42.5 cm³/mol. The molecule has 94 valence electrons. The molecule has 0 atom stereocenters.